The third-order valence-electron chi connectivity index (χ3n) is 3.93. The first-order valence-electron chi connectivity index (χ1n) is 7.74. The highest BCUT2D eigenvalue weighted by molar-refractivity contribution is 6.31. The van der Waals surface area contributed by atoms with Gasteiger partial charge in [-0.15, -0.1) is 0 Å². The Morgan fingerprint density at radius 1 is 0.708 bits per heavy atom. The number of fused-ring (bicyclic) bond motifs is 2. The van der Waals surface area contributed by atoms with E-state index in [1.165, 1.54) is 0 Å². The third kappa shape index (κ3) is 2.66. The number of aliphatic hydroxyl groups excluding tert-OH is 2. The molecule has 1 aliphatic rings. The highest BCUT2D eigenvalue weighted by Gasteiger charge is 2.33. The van der Waals surface area contributed by atoms with Gasteiger partial charge in [0.25, 0.3) is 0 Å². The minimum atomic E-state index is -0.228. The molecule has 4 N–H and O–H groups in total. The van der Waals surface area contributed by atoms with Crippen LogP contribution in [0.2, 0.25) is 0 Å². The molecule has 0 unspecified atom stereocenters. The molecule has 24 heavy (non-hydrogen) atoms. The standard InChI is InChI=1S/C18H18N2O4/c21-9-7-19-13-5-1-3-11-15(13)18(24)12-4-2-6-14(20-8-10-22)16(12)17(11)23/h1-6,19-22H,7-10H2. The van der Waals surface area contributed by atoms with Gasteiger partial charge in [-0.05, 0) is 12.1 Å². The van der Waals surface area contributed by atoms with Gasteiger partial charge in [0, 0.05) is 35.6 Å². The number of anilines is 2. The van der Waals surface area contributed by atoms with E-state index in [9.17, 15) is 9.59 Å². The average Bonchev–Trinajstić information content (AvgIpc) is 2.62. The molecule has 0 aromatic heterocycles. The summed E-state index contributed by atoms with van der Waals surface area (Å²) in [6.45, 7) is 0.445. The van der Waals surface area contributed by atoms with Gasteiger partial charge >= 0.3 is 0 Å². The fourth-order valence-corrected chi connectivity index (χ4v) is 2.92. The Bertz CT molecular complexity index is 734. The molecule has 0 saturated heterocycles. The molecule has 0 heterocycles. The van der Waals surface area contributed by atoms with Crippen LogP contribution in [0.3, 0.4) is 0 Å². The Labute approximate surface area is 139 Å². The largest absolute Gasteiger partial charge is 0.395 e. The van der Waals surface area contributed by atoms with Crippen molar-refractivity contribution in [1.29, 1.82) is 0 Å². The van der Waals surface area contributed by atoms with E-state index < -0.39 is 0 Å². The summed E-state index contributed by atoms with van der Waals surface area (Å²) in [7, 11) is 0. The van der Waals surface area contributed by atoms with Gasteiger partial charge in [0.05, 0.1) is 24.3 Å². The van der Waals surface area contributed by atoms with E-state index in [1.54, 1.807) is 36.4 Å². The highest BCUT2D eigenvalue weighted by Crippen LogP contribution is 2.35. The summed E-state index contributed by atoms with van der Waals surface area (Å²) in [5.74, 6) is -0.457. The van der Waals surface area contributed by atoms with Gasteiger partial charge in [-0.25, -0.2) is 0 Å². The van der Waals surface area contributed by atoms with Gasteiger partial charge < -0.3 is 20.8 Å². The maximum absolute atomic E-state index is 12.9. The lowest BCUT2D eigenvalue weighted by molar-refractivity contribution is 0.0980. The van der Waals surface area contributed by atoms with Crippen molar-refractivity contribution in [2.24, 2.45) is 0 Å². The number of carbonyl (C=O) groups is 2. The monoisotopic (exact) mass is 326 g/mol. The van der Waals surface area contributed by atoms with Crippen molar-refractivity contribution in [3.05, 3.63) is 58.7 Å². The zero-order chi connectivity index (χ0) is 17.1. The number of hydrogen-bond donors (Lipinski definition) is 4. The minimum Gasteiger partial charge on any atom is -0.395 e. The number of ketones is 2. The molecule has 0 bridgehead atoms. The second kappa shape index (κ2) is 6.82. The number of hydrogen-bond acceptors (Lipinski definition) is 6. The number of nitrogens with one attached hydrogen (secondary N) is 2. The van der Waals surface area contributed by atoms with Crippen LogP contribution in [-0.4, -0.2) is 48.1 Å². The molecule has 6 nitrogen and oxygen atoms in total. The maximum Gasteiger partial charge on any atom is 0.196 e. The summed E-state index contributed by atoms with van der Waals surface area (Å²) in [5, 5.41) is 23.9. The molecule has 124 valence electrons. The predicted molar refractivity (Wildman–Crippen MR) is 90.9 cm³/mol. The van der Waals surface area contributed by atoms with Crippen molar-refractivity contribution < 1.29 is 19.8 Å². The Balaban J connectivity index is 2.11. The summed E-state index contributed by atoms with van der Waals surface area (Å²) >= 11 is 0. The molecule has 1 aliphatic carbocycles. The second-order valence-corrected chi connectivity index (χ2v) is 5.42. The Morgan fingerprint density at radius 2 is 1.12 bits per heavy atom. The lowest BCUT2D eigenvalue weighted by Crippen LogP contribution is -2.24. The molecule has 0 aliphatic heterocycles. The molecule has 2 aromatic rings. The molecule has 0 saturated carbocycles. The van der Waals surface area contributed by atoms with E-state index in [0.717, 1.165) is 0 Å². The van der Waals surface area contributed by atoms with Gasteiger partial charge in [-0.3, -0.25) is 9.59 Å². The van der Waals surface area contributed by atoms with Gasteiger partial charge in [0.15, 0.2) is 11.6 Å². The maximum atomic E-state index is 12.9. The first-order valence-corrected chi connectivity index (χ1v) is 7.74. The molecule has 3 rings (SSSR count). The van der Waals surface area contributed by atoms with E-state index in [2.05, 4.69) is 10.6 Å². The fourth-order valence-electron chi connectivity index (χ4n) is 2.92. The number of aliphatic hydroxyl groups is 2. The van der Waals surface area contributed by atoms with E-state index in [0.29, 0.717) is 46.7 Å². The first kappa shape index (κ1) is 16.2. The Hall–Kier alpha value is -2.70. The molecule has 0 radical (unpaired) electrons. The summed E-state index contributed by atoms with van der Waals surface area (Å²) in [4.78, 5) is 25.9. The molecule has 0 atom stereocenters. The van der Waals surface area contributed by atoms with E-state index in [4.69, 9.17) is 10.2 Å². The van der Waals surface area contributed by atoms with Crippen molar-refractivity contribution in [3.63, 3.8) is 0 Å². The van der Waals surface area contributed by atoms with Crippen molar-refractivity contribution in [2.45, 2.75) is 0 Å². The third-order valence-corrected chi connectivity index (χ3v) is 3.93. The van der Waals surface area contributed by atoms with E-state index in [1.807, 2.05) is 0 Å². The van der Waals surface area contributed by atoms with Crippen LogP contribution < -0.4 is 10.6 Å². The molecular weight excluding hydrogens is 308 g/mol. The number of benzene rings is 2. The zero-order valence-corrected chi connectivity index (χ0v) is 13.0. The van der Waals surface area contributed by atoms with Crippen molar-refractivity contribution in [3.8, 4) is 0 Å². The van der Waals surface area contributed by atoms with Crippen LogP contribution in [0.15, 0.2) is 36.4 Å². The van der Waals surface area contributed by atoms with E-state index in [-0.39, 0.29) is 24.8 Å². The smallest absolute Gasteiger partial charge is 0.196 e. The molecule has 6 heteroatoms. The first-order chi connectivity index (χ1) is 11.7. The quantitative estimate of drug-likeness (QED) is 0.544. The SMILES string of the molecule is O=C1c2cccc(NCCO)c2C(=O)c2cccc(NCCO)c21. The summed E-state index contributed by atoms with van der Waals surface area (Å²) in [5.41, 5.74) is 2.44. The predicted octanol–water partition coefficient (Wildman–Crippen LogP) is 1.27. The Kier molecular flexibility index (Phi) is 4.59. The van der Waals surface area contributed by atoms with Gasteiger partial charge in [0.2, 0.25) is 0 Å². The minimum absolute atomic E-state index is 0.0718. The fraction of sp³-hybridized carbons (Fsp3) is 0.222. The van der Waals surface area contributed by atoms with Gasteiger partial charge in [-0.1, -0.05) is 24.3 Å². The van der Waals surface area contributed by atoms with Crippen molar-refractivity contribution >= 4 is 22.9 Å². The van der Waals surface area contributed by atoms with Crippen LogP contribution in [0.25, 0.3) is 0 Å². The lowest BCUT2D eigenvalue weighted by Gasteiger charge is -2.23. The van der Waals surface area contributed by atoms with Crippen LogP contribution in [0.1, 0.15) is 31.8 Å². The Morgan fingerprint density at radius 3 is 1.50 bits per heavy atom. The highest BCUT2D eigenvalue weighted by atomic mass is 16.3. The normalized spacial score (nSPS) is 12.6. The molecule has 0 amide bonds. The van der Waals surface area contributed by atoms with Gasteiger partial charge in [-0.2, -0.15) is 0 Å². The second-order valence-electron chi connectivity index (χ2n) is 5.42. The van der Waals surface area contributed by atoms with Gasteiger partial charge in [0.1, 0.15) is 0 Å². The number of rotatable bonds is 6. The number of carbonyl (C=O) groups excluding carboxylic acids is 2. The topological polar surface area (TPSA) is 98.7 Å². The van der Waals surface area contributed by atoms with E-state index >= 15 is 0 Å². The molecule has 0 spiro atoms. The molecule has 2 aromatic carbocycles. The molecule has 0 fully saturated rings. The lowest BCUT2D eigenvalue weighted by atomic mass is 9.82. The van der Waals surface area contributed by atoms with Crippen LogP contribution in [0, 0.1) is 0 Å². The summed E-state index contributed by atoms with van der Waals surface area (Å²) in [6.07, 6.45) is 0. The zero-order valence-electron chi connectivity index (χ0n) is 13.0. The van der Waals surface area contributed by atoms with Crippen LogP contribution in [0.4, 0.5) is 11.4 Å². The van der Waals surface area contributed by atoms with Crippen LogP contribution >= 0.6 is 0 Å². The molecular formula is C18H18N2O4. The van der Waals surface area contributed by atoms with Crippen LogP contribution in [-0.2, 0) is 0 Å². The summed E-state index contributed by atoms with van der Waals surface area (Å²) in [6, 6.07) is 10.1. The van der Waals surface area contributed by atoms with Crippen molar-refractivity contribution in [2.75, 3.05) is 36.9 Å². The van der Waals surface area contributed by atoms with Crippen LogP contribution in [0.5, 0.6) is 0 Å². The summed E-state index contributed by atoms with van der Waals surface area (Å²) < 4.78 is 0. The average molecular weight is 326 g/mol. The van der Waals surface area contributed by atoms with Crippen molar-refractivity contribution in [1.82, 2.24) is 0 Å².